The number of aliphatic carboxylic acids is 1. The predicted octanol–water partition coefficient (Wildman–Crippen LogP) is 2.86. The maximum absolute atomic E-state index is 12.1. The van der Waals surface area contributed by atoms with Crippen LogP contribution in [0.2, 0.25) is 0 Å². The number of benzene rings is 2. The summed E-state index contributed by atoms with van der Waals surface area (Å²) in [6.07, 6.45) is 2.40. The summed E-state index contributed by atoms with van der Waals surface area (Å²) in [5.41, 5.74) is 1.58. The molecule has 0 amide bonds. The quantitative estimate of drug-likeness (QED) is 0.677. The highest BCUT2D eigenvalue weighted by Gasteiger charge is 2.16. The van der Waals surface area contributed by atoms with Gasteiger partial charge in [0, 0.05) is 6.08 Å². The molecule has 114 valence electrons. The standard InChI is InChI=1S/C16H14O5S/c1-12-2-9-15(10-3-12)22(19,20)21-14-7-4-13(5-8-14)6-11-16(17)18/h2-11H,1H3,(H,17,18)/b11-6+. The highest BCUT2D eigenvalue weighted by Crippen LogP contribution is 2.20. The van der Waals surface area contributed by atoms with E-state index >= 15 is 0 Å². The molecule has 0 saturated carbocycles. The van der Waals surface area contributed by atoms with E-state index in [1.54, 1.807) is 24.3 Å². The Morgan fingerprint density at radius 1 is 1.05 bits per heavy atom. The largest absolute Gasteiger partial charge is 0.478 e. The van der Waals surface area contributed by atoms with E-state index in [1.807, 2.05) is 6.92 Å². The minimum Gasteiger partial charge on any atom is -0.478 e. The molecule has 0 aliphatic rings. The van der Waals surface area contributed by atoms with Crippen LogP contribution in [0.5, 0.6) is 5.75 Å². The van der Waals surface area contributed by atoms with Crippen molar-refractivity contribution < 1.29 is 22.5 Å². The Morgan fingerprint density at radius 3 is 2.18 bits per heavy atom. The maximum Gasteiger partial charge on any atom is 0.339 e. The lowest BCUT2D eigenvalue weighted by Gasteiger charge is -2.07. The van der Waals surface area contributed by atoms with E-state index in [4.69, 9.17) is 9.29 Å². The van der Waals surface area contributed by atoms with Gasteiger partial charge in [-0.1, -0.05) is 29.8 Å². The van der Waals surface area contributed by atoms with Gasteiger partial charge in [0.15, 0.2) is 0 Å². The molecule has 0 unspecified atom stereocenters. The highest BCUT2D eigenvalue weighted by molar-refractivity contribution is 7.87. The van der Waals surface area contributed by atoms with Crippen LogP contribution in [-0.4, -0.2) is 19.5 Å². The second-order valence-corrected chi connectivity index (χ2v) is 6.14. The minimum atomic E-state index is -3.88. The van der Waals surface area contributed by atoms with Gasteiger partial charge in [0.25, 0.3) is 0 Å². The van der Waals surface area contributed by atoms with Crippen LogP contribution in [-0.2, 0) is 14.9 Å². The van der Waals surface area contributed by atoms with Crippen molar-refractivity contribution >= 4 is 22.2 Å². The molecule has 0 fully saturated rings. The summed E-state index contributed by atoms with van der Waals surface area (Å²) in [5.74, 6) is -0.893. The molecule has 0 saturated heterocycles. The summed E-state index contributed by atoms with van der Waals surface area (Å²) in [6.45, 7) is 1.86. The van der Waals surface area contributed by atoms with E-state index in [0.29, 0.717) is 5.56 Å². The monoisotopic (exact) mass is 318 g/mol. The molecule has 6 heteroatoms. The number of hydrogen-bond donors (Lipinski definition) is 1. The molecular formula is C16H14O5S. The summed E-state index contributed by atoms with van der Waals surface area (Å²) in [4.78, 5) is 10.5. The fraction of sp³-hybridized carbons (Fsp3) is 0.0625. The van der Waals surface area contributed by atoms with Gasteiger partial charge in [-0.2, -0.15) is 8.42 Å². The molecule has 22 heavy (non-hydrogen) atoms. The van der Waals surface area contributed by atoms with Gasteiger partial charge in [-0.25, -0.2) is 4.79 Å². The zero-order chi connectivity index (χ0) is 16.2. The summed E-state index contributed by atoms with van der Waals surface area (Å²) in [5, 5.41) is 8.54. The van der Waals surface area contributed by atoms with Gasteiger partial charge < -0.3 is 9.29 Å². The molecule has 2 aromatic carbocycles. The molecule has 0 bridgehead atoms. The van der Waals surface area contributed by atoms with E-state index in [0.717, 1.165) is 11.6 Å². The number of carboxylic acid groups (broad SMARTS) is 1. The number of carboxylic acids is 1. The average Bonchev–Trinajstić information content (AvgIpc) is 2.46. The van der Waals surface area contributed by atoms with Crippen molar-refractivity contribution in [2.24, 2.45) is 0 Å². The lowest BCUT2D eigenvalue weighted by Crippen LogP contribution is -2.09. The molecule has 0 aliphatic heterocycles. The fourth-order valence-corrected chi connectivity index (χ4v) is 2.61. The summed E-state index contributed by atoms with van der Waals surface area (Å²) in [6, 6.07) is 12.4. The molecule has 0 heterocycles. The van der Waals surface area contributed by atoms with Crippen molar-refractivity contribution in [1.82, 2.24) is 0 Å². The molecule has 5 nitrogen and oxygen atoms in total. The normalized spacial score (nSPS) is 11.5. The lowest BCUT2D eigenvalue weighted by molar-refractivity contribution is -0.131. The molecule has 2 rings (SSSR count). The molecule has 0 spiro atoms. The first-order chi connectivity index (χ1) is 10.4. The van der Waals surface area contributed by atoms with Crippen LogP contribution in [0.4, 0.5) is 0 Å². The number of aryl methyl sites for hydroxylation is 1. The van der Waals surface area contributed by atoms with Gasteiger partial charge in [-0.3, -0.25) is 0 Å². The Bertz CT molecular complexity index is 787. The van der Waals surface area contributed by atoms with Crippen LogP contribution in [0.3, 0.4) is 0 Å². The number of rotatable bonds is 5. The van der Waals surface area contributed by atoms with Crippen LogP contribution in [0, 0.1) is 6.92 Å². The predicted molar refractivity (Wildman–Crippen MR) is 82.1 cm³/mol. The third-order valence-electron chi connectivity index (χ3n) is 2.81. The van der Waals surface area contributed by atoms with Gasteiger partial charge in [0.1, 0.15) is 10.6 Å². The Kier molecular flexibility index (Phi) is 4.62. The van der Waals surface area contributed by atoms with Gasteiger partial charge in [0.2, 0.25) is 0 Å². The van der Waals surface area contributed by atoms with Crippen LogP contribution in [0.15, 0.2) is 59.5 Å². The van der Waals surface area contributed by atoms with Crippen molar-refractivity contribution in [3.05, 3.63) is 65.7 Å². The van der Waals surface area contributed by atoms with E-state index in [9.17, 15) is 13.2 Å². The number of carbonyl (C=O) groups is 1. The molecule has 0 radical (unpaired) electrons. The molecule has 1 N–H and O–H groups in total. The topological polar surface area (TPSA) is 80.7 Å². The van der Waals surface area contributed by atoms with Gasteiger partial charge in [-0.15, -0.1) is 0 Å². The van der Waals surface area contributed by atoms with Crippen LogP contribution in [0.25, 0.3) is 6.08 Å². The smallest absolute Gasteiger partial charge is 0.339 e. The summed E-state index contributed by atoms with van der Waals surface area (Å²) >= 11 is 0. The SMILES string of the molecule is Cc1ccc(S(=O)(=O)Oc2ccc(/C=C/C(=O)O)cc2)cc1. The first-order valence-electron chi connectivity index (χ1n) is 6.39. The third kappa shape index (κ3) is 4.20. The summed E-state index contributed by atoms with van der Waals surface area (Å²) in [7, 11) is -3.88. The first kappa shape index (κ1) is 15.8. The lowest BCUT2D eigenvalue weighted by atomic mass is 10.2. The Hall–Kier alpha value is -2.60. The van der Waals surface area contributed by atoms with Gasteiger partial charge in [0.05, 0.1) is 0 Å². The van der Waals surface area contributed by atoms with E-state index in [1.165, 1.54) is 30.3 Å². The Balaban J connectivity index is 2.16. The van der Waals surface area contributed by atoms with Crippen LogP contribution >= 0.6 is 0 Å². The van der Waals surface area contributed by atoms with Crippen molar-refractivity contribution in [2.45, 2.75) is 11.8 Å². The van der Waals surface area contributed by atoms with Crippen molar-refractivity contribution in [3.8, 4) is 5.75 Å². The summed E-state index contributed by atoms with van der Waals surface area (Å²) < 4.78 is 29.2. The molecule has 0 atom stereocenters. The van der Waals surface area contributed by atoms with Crippen molar-refractivity contribution in [1.29, 1.82) is 0 Å². The van der Waals surface area contributed by atoms with Crippen molar-refractivity contribution in [2.75, 3.05) is 0 Å². The highest BCUT2D eigenvalue weighted by atomic mass is 32.2. The zero-order valence-corrected chi connectivity index (χ0v) is 12.6. The van der Waals surface area contributed by atoms with E-state index < -0.39 is 16.1 Å². The van der Waals surface area contributed by atoms with Crippen LogP contribution in [0.1, 0.15) is 11.1 Å². The molecule has 0 aromatic heterocycles. The van der Waals surface area contributed by atoms with Crippen LogP contribution < -0.4 is 4.18 Å². The maximum atomic E-state index is 12.1. The second kappa shape index (κ2) is 6.44. The first-order valence-corrected chi connectivity index (χ1v) is 7.80. The molecule has 2 aromatic rings. The van der Waals surface area contributed by atoms with Gasteiger partial charge in [-0.05, 0) is 42.8 Å². The van der Waals surface area contributed by atoms with Gasteiger partial charge >= 0.3 is 16.1 Å². The Labute approximate surface area is 128 Å². The van der Waals surface area contributed by atoms with E-state index in [2.05, 4.69) is 0 Å². The molecular weight excluding hydrogens is 304 g/mol. The average molecular weight is 318 g/mol. The Morgan fingerprint density at radius 2 is 1.64 bits per heavy atom. The molecule has 0 aliphatic carbocycles. The minimum absolute atomic E-state index is 0.0768. The fourth-order valence-electron chi connectivity index (χ4n) is 1.68. The third-order valence-corrected chi connectivity index (χ3v) is 4.08. The zero-order valence-electron chi connectivity index (χ0n) is 11.8. The second-order valence-electron chi connectivity index (χ2n) is 4.59. The number of hydrogen-bond acceptors (Lipinski definition) is 4. The van der Waals surface area contributed by atoms with E-state index in [-0.39, 0.29) is 10.6 Å². The van der Waals surface area contributed by atoms with Crippen molar-refractivity contribution in [3.63, 3.8) is 0 Å².